The maximum absolute atomic E-state index is 13.0. The lowest BCUT2D eigenvalue weighted by Gasteiger charge is -2.15. The molecule has 4 rings (SSSR count). The number of benzene rings is 2. The van der Waals surface area contributed by atoms with Crippen molar-refractivity contribution in [1.29, 1.82) is 0 Å². The van der Waals surface area contributed by atoms with E-state index in [1.165, 1.54) is 17.8 Å². The minimum Gasteiger partial charge on any atom is -0.493 e. The van der Waals surface area contributed by atoms with Crippen LogP contribution < -0.4 is 9.47 Å². The Morgan fingerprint density at radius 2 is 1.89 bits per heavy atom. The molecule has 0 atom stereocenters. The Labute approximate surface area is 211 Å². The third kappa shape index (κ3) is 5.23. The number of ether oxygens (including phenoxy) is 2. The number of methoxy groups -OCH3 is 2. The van der Waals surface area contributed by atoms with Crippen molar-refractivity contribution in [2.75, 3.05) is 20.8 Å². The van der Waals surface area contributed by atoms with Crippen molar-refractivity contribution in [3.05, 3.63) is 80.4 Å². The van der Waals surface area contributed by atoms with Gasteiger partial charge < -0.3 is 13.9 Å². The van der Waals surface area contributed by atoms with E-state index in [0.29, 0.717) is 50.8 Å². The van der Waals surface area contributed by atoms with E-state index in [1.54, 1.807) is 56.4 Å². The zero-order valence-corrected chi connectivity index (χ0v) is 20.9. The average Bonchev–Trinajstić information content (AvgIpc) is 3.41. The number of hydrogen-bond acceptors (Lipinski definition) is 8. The van der Waals surface area contributed by atoms with Crippen molar-refractivity contribution in [2.45, 2.75) is 13.3 Å². The third-order valence-electron chi connectivity index (χ3n) is 5.46. The molecule has 0 spiro atoms. The summed E-state index contributed by atoms with van der Waals surface area (Å²) in [6, 6.07) is 13.9. The number of aryl methyl sites for hydroxylation is 1. The van der Waals surface area contributed by atoms with E-state index in [2.05, 4.69) is 0 Å². The van der Waals surface area contributed by atoms with Crippen LogP contribution in [0.1, 0.15) is 16.9 Å². The van der Waals surface area contributed by atoms with Crippen LogP contribution in [0.2, 0.25) is 0 Å². The molecule has 0 bridgehead atoms. The number of carbonyl (C=O) groups is 1. The molecule has 0 saturated carbocycles. The molecule has 180 valence electrons. The summed E-state index contributed by atoms with van der Waals surface area (Å²) in [6.45, 7) is 2.20. The summed E-state index contributed by atoms with van der Waals surface area (Å²) in [4.78, 5) is 26.0. The first-order chi connectivity index (χ1) is 16.8. The fourth-order valence-corrected chi connectivity index (χ4v) is 4.96. The Hall–Kier alpha value is -3.63. The number of nitro benzene ring substituents is 1. The van der Waals surface area contributed by atoms with E-state index in [-0.39, 0.29) is 11.6 Å². The molecule has 0 radical (unpaired) electrons. The van der Waals surface area contributed by atoms with Gasteiger partial charge in [-0.1, -0.05) is 36.1 Å². The highest BCUT2D eigenvalue weighted by Crippen LogP contribution is 2.36. The number of thioether (sulfide) groups is 1. The lowest BCUT2D eigenvalue weighted by Crippen LogP contribution is -2.30. The van der Waals surface area contributed by atoms with Crippen LogP contribution in [0.25, 0.3) is 17.4 Å². The van der Waals surface area contributed by atoms with Gasteiger partial charge in [-0.25, -0.2) is 0 Å². The molecule has 35 heavy (non-hydrogen) atoms. The van der Waals surface area contributed by atoms with Crippen LogP contribution >= 0.6 is 24.0 Å². The normalized spacial score (nSPS) is 14.6. The molecular weight excluding hydrogens is 488 g/mol. The maximum atomic E-state index is 13.0. The van der Waals surface area contributed by atoms with Crippen LogP contribution in [0.4, 0.5) is 5.69 Å². The second-order valence-electron chi connectivity index (χ2n) is 7.75. The molecule has 1 aliphatic heterocycles. The van der Waals surface area contributed by atoms with Crippen LogP contribution in [0, 0.1) is 17.0 Å². The number of thiocarbonyl (C=S) groups is 1. The Morgan fingerprint density at radius 3 is 2.60 bits per heavy atom. The molecule has 1 fully saturated rings. The molecule has 10 heteroatoms. The van der Waals surface area contributed by atoms with Gasteiger partial charge in [0.15, 0.2) is 11.5 Å². The Kier molecular flexibility index (Phi) is 7.23. The zero-order chi connectivity index (χ0) is 25.1. The topological polar surface area (TPSA) is 95.0 Å². The third-order valence-corrected chi connectivity index (χ3v) is 6.84. The fraction of sp³-hybridized carbons (Fsp3) is 0.200. The molecule has 1 aliphatic rings. The predicted molar refractivity (Wildman–Crippen MR) is 139 cm³/mol. The second kappa shape index (κ2) is 10.3. The zero-order valence-electron chi connectivity index (χ0n) is 19.3. The molecule has 2 heterocycles. The molecule has 1 aromatic heterocycles. The number of nitro groups is 1. The van der Waals surface area contributed by atoms with Gasteiger partial charge >= 0.3 is 0 Å². The molecule has 0 unspecified atom stereocenters. The van der Waals surface area contributed by atoms with Crippen molar-refractivity contribution in [2.24, 2.45) is 0 Å². The molecule has 8 nitrogen and oxygen atoms in total. The van der Waals surface area contributed by atoms with Gasteiger partial charge in [-0.2, -0.15) is 0 Å². The highest BCUT2D eigenvalue weighted by Gasteiger charge is 2.32. The minimum atomic E-state index is -0.436. The first kappa shape index (κ1) is 24.5. The fourth-order valence-electron chi connectivity index (χ4n) is 3.68. The Morgan fingerprint density at radius 1 is 1.11 bits per heavy atom. The van der Waals surface area contributed by atoms with Gasteiger partial charge in [0.2, 0.25) is 0 Å². The number of nitrogens with zero attached hydrogens (tertiary/aromatic N) is 2. The van der Waals surface area contributed by atoms with Crippen molar-refractivity contribution in [3.63, 3.8) is 0 Å². The van der Waals surface area contributed by atoms with Crippen LogP contribution in [-0.4, -0.2) is 40.8 Å². The second-order valence-corrected chi connectivity index (χ2v) is 9.43. The molecule has 1 amide bonds. The van der Waals surface area contributed by atoms with Gasteiger partial charge in [0.25, 0.3) is 11.6 Å². The van der Waals surface area contributed by atoms with Gasteiger partial charge in [0, 0.05) is 18.7 Å². The largest absolute Gasteiger partial charge is 0.493 e. The molecule has 1 saturated heterocycles. The van der Waals surface area contributed by atoms with Gasteiger partial charge in [0.05, 0.1) is 29.6 Å². The number of carbonyl (C=O) groups excluding carboxylic acids is 1. The van der Waals surface area contributed by atoms with Crippen molar-refractivity contribution in [3.8, 4) is 22.8 Å². The highest BCUT2D eigenvalue weighted by molar-refractivity contribution is 8.26. The summed E-state index contributed by atoms with van der Waals surface area (Å²) in [5, 5.41) is 11.5. The van der Waals surface area contributed by atoms with Crippen LogP contribution in [0.5, 0.6) is 11.5 Å². The van der Waals surface area contributed by atoms with Gasteiger partial charge in [-0.3, -0.25) is 19.8 Å². The maximum Gasteiger partial charge on any atom is 0.280 e. The number of rotatable bonds is 8. The van der Waals surface area contributed by atoms with Gasteiger partial charge in [0.1, 0.15) is 15.8 Å². The molecular formula is C25H22N2O6S2. The number of furan rings is 1. The Balaban J connectivity index is 1.49. The first-order valence-corrected chi connectivity index (χ1v) is 11.8. The van der Waals surface area contributed by atoms with Crippen molar-refractivity contribution in [1.82, 2.24) is 4.90 Å². The van der Waals surface area contributed by atoms with E-state index < -0.39 is 4.92 Å². The summed E-state index contributed by atoms with van der Waals surface area (Å²) in [7, 11) is 3.15. The predicted octanol–water partition coefficient (Wildman–Crippen LogP) is 5.62. The van der Waals surface area contributed by atoms with E-state index in [0.717, 1.165) is 11.1 Å². The SMILES string of the molecule is COc1ccc(CCN2C(=O)/C(=C\c3ccc(-c4ccc(C)cc4[N+](=O)[O-])o3)SC2=S)cc1OC. The van der Waals surface area contributed by atoms with Crippen molar-refractivity contribution >= 4 is 46.0 Å². The number of amides is 1. The standard InChI is InChI=1S/C25H22N2O6S2/c1-15-4-7-18(19(12-15)27(29)30)20-9-6-17(33-20)14-23-24(28)26(25(34)35-23)11-10-16-5-8-21(31-2)22(13-16)32-3/h4-9,12-14H,10-11H2,1-3H3/b23-14+. The van der Waals surface area contributed by atoms with Gasteiger partial charge in [-0.15, -0.1) is 0 Å². The lowest BCUT2D eigenvalue weighted by molar-refractivity contribution is -0.384. The molecule has 0 aliphatic carbocycles. The summed E-state index contributed by atoms with van der Waals surface area (Å²) in [5.41, 5.74) is 2.11. The number of hydrogen-bond donors (Lipinski definition) is 0. The van der Waals surface area contributed by atoms with Gasteiger partial charge in [-0.05, 0) is 54.8 Å². The lowest BCUT2D eigenvalue weighted by atomic mass is 10.1. The first-order valence-electron chi connectivity index (χ1n) is 10.6. The monoisotopic (exact) mass is 510 g/mol. The molecule has 0 N–H and O–H groups in total. The van der Waals surface area contributed by atoms with Crippen LogP contribution in [0.15, 0.2) is 57.9 Å². The average molecular weight is 511 g/mol. The quantitative estimate of drug-likeness (QED) is 0.167. The summed E-state index contributed by atoms with van der Waals surface area (Å²) in [5.74, 6) is 1.82. The highest BCUT2D eigenvalue weighted by atomic mass is 32.2. The summed E-state index contributed by atoms with van der Waals surface area (Å²) in [6.07, 6.45) is 2.20. The van der Waals surface area contributed by atoms with E-state index >= 15 is 0 Å². The van der Waals surface area contributed by atoms with E-state index in [9.17, 15) is 14.9 Å². The van der Waals surface area contributed by atoms with Crippen LogP contribution in [-0.2, 0) is 11.2 Å². The van der Waals surface area contributed by atoms with Crippen molar-refractivity contribution < 1.29 is 23.6 Å². The van der Waals surface area contributed by atoms with E-state index in [1.807, 2.05) is 18.2 Å². The smallest absolute Gasteiger partial charge is 0.280 e. The molecule has 2 aromatic carbocycles. The Bertz CT molecular complexity index is 1350. The molecule has 3 aromatic rings. The van der Waals surface area contributed by atoms with Crippen LogP contribution in [0.3, 0.4) is 0 Å². The minimum absolute atomic E-state index is 0.0348. The summed E-state index contributed by atoms with van der Waals surface area (Å²) < 4.78 is 16.9. The summed E-state index contributed by atoms with van der Waals surface area (Å²) >= 11 is 6.63. The van der Waals surface area contributed by atoms with E-state index in [4.69, 9.17) is 26.1 Å².